The summed E-state index contributed by atoms with van der Waals surface area (Å²) in [5, 5.41) is 3.91. The Morgan fingerprint density at radius 1 is 1.03 bits per heavy atom. The monoisotopic (exact) mass is 459 g/mol. The molecule has 33 heavy (non-hydrogen) atoms. The summed E-state index contributed by atoms with van der Waals surface area (Å²) >= 11 is 1.24. The number of fused-ring (bicyclic) bond motifs is 1. The predicted octanol–water partition coefficient (Wildman–Crippen LogP) is 5.13. The van der Waals surface area contributed by atoms with Crippen LogP contribution >= 0.6 is 11.8 Å². The molecule has 6 nitrogen and oxygen atoms in total. The Hall–Kier alpha value is -3.58. The Balaban J connectivity index is 1.63. The molecular weight excluding hydrogens is 434 g/mol. The van der Waals surface area contributed by atoms with E-state index < -0.39 is 0 Å². The molecule has 0 radical (unpaired) electrons. The molecule has 4 rings (SSSR count). The Bertz CT molecular complexity index is 1360. The molecule has 0 bridgehead atoms. The van der Waals surface area contributed by atoms with E-state index in [1.54, 1.807) is 22.8 Å². The molecule has 0 aliphatic rings. The van der Waals surface area contributed by atoms with Gasteiger partial charge in [0, 0.05) is 5.69 Å². The van der Waals surface area contributed by atoms with Crippen LogP contribution in [-0.2, 0) is 4.79 Å². The fourth-order valence-electron chi connectivity index (χ4n) is 3.53. The molecule has 1 aromatic heterocycles. The maximum absolute atomic E-state index is 13.4. The van der Waals surface area contributed by atoms with Gasteiger partial charge in [0.15, 0.2) is 5.16 Å². The van der Waals surface area contributed by atoms with E-state index in [9.17, 15) is 9.59 Å². The van der Waals surface area contributed by atoms with Crippen molar-refractivity contribution in [2.45, 2.75) is 25.9 Å². The number of nitrogens with zero attached hydrogens (tertiary/aromatic N) is 2. The van der Waals surface area contributed by atoms with E-state index in [2.05, 4.69) is 5.32 Å². The Morgan fingerprint density at radius 3 is 2.55 bits per heavy atom. The zero-order chi connectivity index (χ0) is 23.4. The van der Waals surface area contributed by atoms with Crippen molar-refractivity contribution in [3.63, 3.8) is 0 Å². The summed E-state index contributed by atoms with van der Waals surface area (Å²) in [5.74, 6) is 0.685. The van der Waals surface area contributed by atoms with E-state index in [1.807, 2.05) is 69.3 Å². The number of hydrogen-bond donors (Lipinski definition) is 1. The zero-order valence-corrected chi connectivity index (χ0v) is 19.6. The van der Waals surface area contributed by atoms with E-state index >= 15 is 0 Å². The number of amides is 1. The van der Waals surface area contributed by atoms with Crippen molar-refractivity contribution in [1.29, 1.82) is 0 Å². The molecule has 0 unspecified atom stereocenters. The minimum Gasteiger partial charge on any atom is -0.494 e. The van der Waals surface area contributed by atoms with E-state index in [0.29, 0.717) is 28.4 Å². The van der Waals surface area contributed by atoms with Gasteiger partial charge in [-0.05, 0) is 74.4 Å². The Labute approximate surface area is 196 Å². The molecule has 1 heterocycles. The lowest BCUT2D eigenvalue weighted by molar-refractivity contribution is -0.113. The molecule has 0 atom stereocenters. The lowest BCUT2D eigenvalue weighted by atomic mass is 10.1. The summed E-state index contributed by atoms with van der Waals surface area (Å²) in [6, 6.07) is 20.3. The van der Waals surface area contributed by atoms with E-state index in [1.165, 1.54) is 11.8 Å². The molecule has 168 valence electrons. The predicted molar refractivity (Wildman–Crippen MR) is 134 cm³/mol. The molecule has 4 aromatic rings. The number of rotatable bonds is 7. The molecule has 3 aromatic carbocycles. The number of aromatic nitrogens is 2. The minimum absolute atomic E-state index is 0.114. The fourth-order valence-corrected chi connectivity index (χ4v) is 4.33. The van der Waals surface area contributed by atoms with Gasteiger partial charge in [0.1, 0.15) is 5.75 Å². The maximum Gasteiger partial charge on any atom is 0.266 e. The molecule has 1 amide bonds. The Kier molecular flexibility index (Phi) is 6.79. The molecule has 0 fully saturated rings. The summed E-state index contributed by atoms with van der Waals surface area (Å²) < 4.78 is 7.04. The van der Waals surface area contributed by atoms with Gasteiger partial charge < -0.3 is 10.1 Å². The fraction of sp³-hybridized carbons (Fsp3) is 0.192. The first-order valence-electron chi connectivity index (χ1n) is 10.7. The van der Waals surface area contributed by atoms with Crippen molar-refractivity contribution in [3.8, 4) is 11.4 Å². The van der Waals surface area contributed by atoms with Crippen LogP contribution < -0.4 is 15.6 Å². The van der Waals surface area contributed by atoms with Crippen LogP contribution in [0.1, 0.15) is 18.1 Å². The van der Waals surface area contributed by atoms with Crippen LogP contribution in [0, 0.1) is 13.8 Å². The number of carbonyl (C=O) groups is 1. The summed E-state index contributed by atoms with van der Waals surface area (Å²) in [6.07, 6.45) is 0. The third-order valence-electron chi connectivity index (χ3n) is 5.34. The largest absolute Gasteiger partial charge is 0.494 e. The molecule has 0 spiro atoms. The van der Waals surface area contributed by atoms with Crippen molar-refractivity contribution in [2.24, 2.45) is 0 Å². The van der Waals surface area contributed by atoms with Gasteiger partial charge in [0.25, 0.3) is 5.56 Å². The smallest absolute Gasteiger partial charge is 0.266 e. The van der Waals surface area contributed by atoms with Crippen LogP contribution in [0.25, 0.3) is 16.6 Å². The van der Waals surface area contributed by atoms with Gasteiger partial charge in [0.05, 0.1) is 29.0 Å². The first-order valence-corrected chi connectivity index (χ1v) is 11.7. The van der Waals surface area contributed by atoms with Gasteiger partial charge >= 0.3 is 0 Å². The van der Waals surface area contributed by atoms with Crippen LogP contribution in [0.2, 0.25) is 0 Å². The number of para-hydroxylation sites is 1. The average Bonchev–Trinajstić information content (AvgIpc) is 2.81. The summed E-state index contributed by atoms with van der Waals surface area (Å²) in [6.45, 7) is 6.50. The van der Waals surface area contributed by atoms with E-state index in [0.717, 1.165) is 22.6 Å². The number of hydrogen-bond acceptors (Lipinski definition) is 5. The van der Waals surface area contributed by atoms with E-state index in [-0.39, 0.29) is 17.2 Å². The van der Waals surface area contributed by atoms with Crippen molar-refractivity contribution in [2.75, 3.05) is 17.7 Å². The van der Waals surface area contributed by atoms with Gasteiger partial charge in [0.2, 0.25) is 5.91 Å². The van der Waals surface area contributed by atoms with Gasteiger partial charge in [-0.1, -0.05) is 36.0 Å². The first-order chi connectivity index (χ1) is 16.0. The SMILES string of the molecule is CCOc1ccc(NC(=O)CSc2nc3ccccc3c(=O)n2-c2cccc(C)c2C)cc1. The van der Waals surface area contributed by atoms with Gasteiger partial charge in [-0.3, -0.25) is 14.2 Å². The van der Waals surface area contributed by atoms with Gasteiger partial charge in [-0.15, -0.1) is 0 Å². The molecule has 0 aliphatic carbocycles. The van der Waals surface area contributed by atoms with Gasteiger partial charge in [-0.2, -0.15) is 0 Å². The van der Waals surface area contributed by atoms with Crippen LogP contribution in [0.15, 0.2) is 76.7 Å². The van der Waals surface area contributed by atoms with Crippen LogP contribution in [0.4, 0.5) is 5.69 Å². The lowest BCUT2D eigenvalue weighted by Crippen LogP contribution is -2.23. The summed E-state index contributed by atoms with van der Waals surface area (Å²) in [7, 11) is 0. The quantitative estimate of drug-likeness (QED) is 0.306. The second-order valence-electron chi connectivity index (χ2n) is 7.57. The number of nitrogens with one attached hydrogen (secondary N) is 1. The first kappa shape index (κ1) is 22.6. The topological polar surface area (TPSA) is 73.2 Å². The maximum atomic E-state index is 13.4. The molecule has 1 N–H and O–H groups in total. The second kappa shape index (κ2) is 9.92. The summed E-state index contributed by atoms with van der Waals surface area (Å²) in [4.78, 5) is 30.8. The number of ether oxygens (including phenoxy) is 1. The Morgan fingerprint density at radius 2 is 1.79 bits per heavy atom. The highest BCUT2D eigenvalue weighted by atomic mass is 32.2. The molecule has 7 heteroatoms. The highest BCUT2D eigenvalue weighted by Crippen LogP contribution is 2.25. The van der Waals surface area contributed by atoms with Crippen LogP contribution in [0.5, 0.6) is 5.75 Å². The number of benzene rings is 3. The van der Waals surface area contributed by atoms with Crippen molar-refractivity contribution in [3.05, 3.63) is 88.2 Å². The number of aryl methyl sites for hydroxylation is 1. The molecular formula is C26H25N3O3S. The summed E-state index contributed by atoms with van der Waals surface area (Å²) in [5.41, 5.74) is 3.99. The highest BCUT2D eigenvalue weighted by molar-refractivity contribution is 7.99. The van der Waals surface area contributed by atoms with Crippen molar-refractivity contribution in [1.82, 2.24) is 9.55 Å². The second-order valence-corrected chi connectivity index (χ2v) is 8.51. The standard InChI is InChI=1S/C26H25N3O3S/c1-4-32-20-14-12-19(13-15-20)27-24(30)16-33-26-28-22-10-6-5-9-21(22)25(31)29(26)23-11-7-8-17(2)18(23)3/h5-15H,4,16H2,1-3H3,(H,27,30). The highest BCUT2D eigenvalue weighted by Gasteiger charge is 2.16. The molecule has 0 aliphatic heterocycles. The molecule has 0 saturated carbocycles. The van der Waals surface area contributed by atoms with Crippen molar-refractivity contribution < 1.29 is 9.53 Å². The van der Waals surface area contributed by atoms with E-state index in [4.69, 9.17) is 9.72 Å². The third-order valence-corrected chi connectivity index (χ3v) is 6.28. The normalized spacial score (nSPS) is 10.9. The minimum atomic E-state index is -0.181. The third kappa shape index (κ3) is 4.93. The van der Waals surface area contributed by atoms with Crippen LogP contribution in [0.3, 0.4) is 0 Å². The average molecular weight is 460 g/mol. The zero-order valence-electron chi connectivity index (χ0n) is 18.8. The van der Waals surface area contributed by atoms with Crippen molar-refractivity contribution >= 4 is 34.3 Å². The number of anilines is 1. The number of carbonyl (C=O) groups excluding carboxylic acids is 1. The lowest BCUT2D eigenvalue weighted by Gasteiger charge is -2.16. The van der Waals surface area contributed by atoms with Gasteiger partial charge in [-0.25, -0.2) is 4.98 Å². The molecule has 0 saturated heterocycles. The van der Waals surface area contributed by atoms with Crippen LogP contribution in [-0.4, -0.2) is 27.8 Å². The number of thioether (sulfide) groups is 1.